The number of fused-ring (bicyclic) bond motifs is 1. The first-order valence-electron chi connectivity index (χ1n) is 13.9. The Hall–Kier alpha value is -3.43. The molecule has 0 aromatic heterocycles. The van der Waals surface area contributed by atoms with Gasteiger partial charge in [0.25, 0.3) is 11.8 Å². The number of benzene rings is 3. The zero-order chi connectivity index (χ0) is 29.8. The monoisotopic (exact) mass is 610 g/mol. The van der Waals surface area contributed by atoms with Crippen molar-refractivity contribution in [3.05, 3.63) is 105 Å². The van der Waals surface area contributed by atoms with Crippen molar-refractivity contribution in [2.45, 2.75) is 62.8 Å². The SMILES string of the molecule is COC(=O)Cc1ccc(CONC(=O)[C@@H]2c3ccccc3C(=O)N([C@H]3CCCCC3O)[C@H]2c2ccc(Cl)cc2Cl)cc1. The number of hydrogen-bond donors (Lipinski definition) is 2. The number of nitrogens with one attached hydrogen (secondary N) is 1. The zero-order valence-corrected chi connectivity index (χ0v) is 24.6. The van der Waals surface area contributed by atoms with Crippen LogP contribution in [0.15, 0.2) is 66.7 Å². The molecular formula is C32H32Cl2N2O6. The molecule has 5 rings (SSSR count). The number of carbonyl (C=O) groups is 3. The molecule has 1 saturated carbocycles. The molecule has 0 saturated heterocycles. The molecule has 220 valence electrons. The molecule has 3 aromatic rings. The van der Waals surface area contributed by atoms with Crippen LogP contribution in [0.3, 0.4) is 0 Å². The quantitative estimate of drug-likeness (QED) is 0.256. The maximum Gasteiger partial charge on any atom is 0.309 e. The van der Waals surface area contributed by atoms with E-state index in [0.717, 1.165) is 24.0 Å². The fraction of sp³-hybridized carbons (Fsp3) is 0.344. The van der Waals surface area contributed by atoms with E-state index >= 15 is 0 Å². The maximum absolute atomic E-state index is 14.1. The van der Waals surface area contributed by atoms with Gasteiger partial charge in [0.05, 0.1) is 44.2 Å². The van der Waals surface area contributed by atoms with Gasteiger partial charge in [-0.3, -0.25) is 19.2 Å². The predicted octanol–water partition coefficient (Wildman–Crippen LogP) is 5.54. The molecule has 1 aliphatic carbocycles. The third-order valence-corrected chi connectivity index (χ3v) is 8.56. The summed E-state index contributed by atoms with van der Waals surface area (Å²) in [6.45, 7) is 0.0783. The molecule has 1 heterocycles. The molecule has 0 bridgehead atoms. The average molecular weight is 612 g/mol. The van der Waals surface area contributed by atoms with E-state index in [0.29, 0.717) is 39.6 Å². The highest BCUT2D eigenvalue weighted by Gasteiger charge is 2.49. The van der Waals surface area contributed by atoms with Gasteiger partial charge in [-0.05, 0) is 53.3 Å². The molecule has 0 spiro atoms. The molecule has 1 fully saturated rings. The van der Waals surface area contributed by atoms with Gasteiger partial charge < -0.3 is 14.7 Å². The maximum atomic E-state index is 14.1. The third kappa shape index (κ3) is 6.32. The van der Waals surface area contributed by atoms with Gasteiger partial charge in [0.2, 0.25) is 0 Å². The molecular weight excluding hydrogens is 579 g/mol. The number of rotatable bonds is 8. The minimum absolute atomic E-state index is 0.0783. The summed E-state index contributed by atoms with van der Waals surface area (Å²) in [7, 11) is 1.34. The van der Waals surface area contributed by atoms with E-state index in [1.54, 1.807) is 59.5 Å². The van der Waals surface area contributed by atoms with Crippen LogP contribution in [-0.4, -0.2) is 47.0 Å². The van der Waals surface area contributed by atoms with Gasteiger partial charge >= 0.3 is 5.97 Å². The highest BCUT2D eigenvalue weighted by Crippen LogP contribution is 2.47. The number of esters is 1. The van der Waals surface area contributed by atoms with Gasteiger partial charge in [0.15, 0.2) is 0 Å². The van der Waals surface area contributed by atoms with E-state index in [4.69, 9.17) is 32.8 Å². The summed E-state index contributed by atoms with van der Waals surface area (Å²) in [4.78, 5) is 46.9. The second-order valence-electron chi connectivity index (χ2n) is 10.6. The van der Waals surface area contributed by atoms with Gasteiger partial charge in [-0.25, -0.2) is 5.48 Å². The van der Waals surface area contributed by atoms with Crippen LogP contribution in [0.4, 0.5) is 0 Å². The molecule has 0 radical (unpaired) electrons. The second-order valence-corrected chi connectivity index (χ2v) is 11.5. The molecule has 2 N–H and O–H groups in total. The number of hydroxylamine groups is 1. The number of hydrogen-bond acceptors (Lipinski definition) is 6. The Kier molecular flexibility index (Phi) is 9.48. The topological polar surface area (TPSA) is 105 Å². The Balaban J connectivity index is 1.46. The summed E-state index contributed by atoms with van der Waals surface area (Å²) in [5.74, 6) is -1.93. The lowest BCUT2D eigenvalue weighted by Gasteiger charge is -2.48. The zero-order valence-electron chi connectivity index (χ0n) is 23.1. The summed E-state index contributed by atoms with van der Waals surface area (Å²) in [5, 5.41) is 11.8. The molecule has 2 aliphatic rings. The van der Waals surface area contributed by atoms with Crippen LogP contribution in [0.1, 0.15) is 70.3 Å². The lowest BCUT2D eigenvalue weighted by molar-refractivity contribution is -0.140. The lowest BCUT2D eigenvalue weighted by Crippen LogP contribution is -2.55. The predicted molar refractivity (Wildman–Crippen MR) is 158 cm³/mol. The molecule has 42 heavy (non-hydrogen) atoms. The highest BCUT2D eigenvalue weighted by atomic mass is 35.5. The number of aliphatic hydroxyl groups is 1. The second kappa shape index (κ2) is 13.3. The first-order valence-corrected chi connectivity index (χ1v) is 14.6. The third-order valence-electron chi connectivity index (χ3n) is 8.00. The van der Waals surface area contributed by atoms with Crippen LogP contribution in [0.2, 0.25) is 10.0 Å². The summed E-state index contributed by atoms with van der Waals surface area (Å²) >= 11 is 12.9. The van der Waals surface area contributed by atoms with Gasteiger partial charge in [-0.15, -0.1) is 0 Å². The van der Waals surface area contributed by atoms with Crippen molar-refractivity contribution in [3.8, 4) is 0 Å². The van der Waals surface area contributed by atoms with Crippen molar-refractivity contribution in [1.82, 2.24) is 10.4 Å². The minimum atomic E-state index is -0.880. The van der Waals surface area contributed by atoms with Crippen molar-refractivity contribution in [2.75, 3.05) is 7.11 Å². The van der Waals surface area contributed by atoms with Crippen LogP contribution >= 0.6 is 23.2 Å². The normalized spacial score (nSPS) is 21.9. The van der Waals surface area contributed by atoms with Crippen molar-refractivity contribution in [2.24, 2.45) is 0 Å². The van der Waals surface area contributed by atoms with Crippen molar-refractivity contribution in [3.63, 3.8) is 0 Å². The van der Waals surface area contributed by atoms with E-state index in [1.165, 1.54) is 7.11 Å². The summed E-state index contributed by atoms with van der Waals surface area (Å²) in [6, 6.07) is 17.9. The van der Waals surface area contributed by atoms with Crippen LogP contribution in [0.5, 0.6) is 0 Å². The Morgan fingerprint density at radius 3 is 2.40 bits per heavy atom. The molecule has 1 aliphatic heterocycles. The number of methoxy groups -OCH3 is 1. The average Bonchev–Trinajstić information content (AvgIpc) is 2.98. The van der Waals surface area contributed by atoms with Crippen LogP contribution in [-0.2, 0) is 32.2 Å². The Morgan fingerprint density at radius 1 is 0.976 bits per heavy atom. The summed E-state index contributed by atoms with van der Waals surface area (Å²) < 4.78 is 4.71. The van der Waals surface area contributed by atoms with Crippen molar-refractivity contribution >= 4 is 41.0 Å². The fourth-order valence-electron chi connectivity index (χ4n) is 5.93. The summed E-state index contributed by atoms with van der Waals surface area (Å²) in [6.07, 6.45) is 2.32. The number of ether oxygens (including phenoxy) is 1. The number of amides is 2. The molecule has 8 nitrogen and oxygen atoms in total. The molecule has 2 amide bonds. The van der Waals surface area contributed by atoms with E-state index in [9.17, 15) is 19.5 Å². The standard InChI is InChI=1S/C32H32Cl2N2O6/c1-41-28(38)16-19-10-12-20(13-11-19)18-42-35-31(39)29-22-6-2-3-7-23(22)32(40)36(26-8-4-5-9-27(26)37)30(29)24-15-14-21(33)17-25(24)34/h2-3,6-7,10-15,17,26-27,29-30,37H,4-5,8-9,16,18H2,1H3,(H,35,39)/t26-,27?,29+,30-/m0/s1. The van der Waals surface area contributed by atoms with Crippen LogP contribution in [0.25, 0.3) is 0 Å². The number of halogens is 2. The number of carbonyl (C=O) groups excluding carboxylic acids is 3. The number of aliphatic hydroxyl groups excluding tert-OH is 1. The van der Waals surface area contributed by atoms with Gasteiger partial charge in [0.1, 0.15) is 0 Å². The lowest BCUT2D eigenvalue weighted by atomic mass is 9.77. The molecule has 10 heteroatoms. The molecule has 4 atom stereocenters. The number of nitrogens with zero attached hydrogens (tertiary/aromatic N) is 1. The fourth-order valence-corrected chi connectivity index (χ4v) is 6.45. The van der Waals surface area contributed by atoms with Gasteiger partial charge in [-0.1, -0.05) is 84.6 Å². The minimum Gasteiger partial charge on any atom is -0.469 e. The van der Waals surface area contributed by atoms with Crippen molar-refractivity contribution in [1.29, 1.82) is 0 Å². The smallest absolute Gasteiger partial charge is 0.309 e. The molecule has 3 aromatic carbocycles. The Morgan fingerprint density at radius 2 is 1.69 bits per heavy atom. The van der Waals surface area contributed by atoms with E-state index in [2.05, 4.69) is 5.48 Å². The van der Waals surface area contributed by atoms with Gasteiger partial charge in [0, 0.05) is 15.6 Å². The van der Waals surface area contributed by atoms with Gasteiger partial charge in [-0.2, -0.15) is 0 Å². The van der Waals surface area contributed by atoms with Crippen molar-refractivity contribution < 1.29 is 29.1 Å². The largest absolute Gasteiger partial charge is 0.469 e. The summed E-state index contributed by atoms with van der Waals surface area (Å²) in [5.41, 5.74) is 5.69. The van der Waals surface area contributed by atoms with E-state index < -0.39 is 30.0 Å². The van der Waals surface area contributed by atoms with E-state index in [1.807, 2.05) is 12.1 Å². The Labute approximate surface area is 254 Å². The van der Waals surface area contributed by atoms with Crippen LogP contribution in [0, 0.1) is 0 Å². The van der Waals surface area contributed by atoms with E-state index in [-0.39, 0.29) is 24.9 Å². The first-order chi connectivity index (χ1) is 20.3. The molecule has 1 unspecified atom stereocenters. The Bertz CT molecular complexity index is 1460. The first kappa shape index (κ1) is 30.0. The van der Waals surface area contributed by atoms with Crippen LogP contribution < -0.4 is 5.48 Å². The highest BCUT2D eigenvalue weighted by molar-refractivity contribution is 6.35.